The fraction of sp³-hybridized carbons (Fsp3) is 0.200. The van der Waals surface area contributed by atoms with Crippen molar-refractivity contribution >= 4 is 0 Å². The lowest BCUT2D eigenvalue weighted by molar-refractivity contribution is 0.396. The largest absolute Gasteiger partial charge is 0.479 e. The average Bonchev–Trinajstić information content (AvgIpc) is 2.95. The molecule has 0 amide bonds. The summed E-state index contributed by atoms with van der Waals surface area (Å²) < 4.78 is 7.21. The van der Waals surface area contributed by atoms with E-state index < -0.39 is 0 Å². The van der Waals surface area contributed by atoms with Crippen LogP contribution >= 0.6 is 0 Å². The van der Waals surface area contributed by atoms with Crippen molar-refractivity contribution in [1.82, 2.24) is 24.7 Å². The number of ether oxygens (including phenoxy) is 1. The van der Waals surface area contributed by atoms with Gasteiger partial charge >= 0.3 is 0 Å². The van der Waals surface area contributed by atoms with Gasteiger partial charge in [0.1, 0.15) is 11.4 Å². The van der Waals surface area contributed by atoms with Crippen LogP contribution in [0.1, 0.15) is 11.3 Å². The highest BCUT2D eigenvalue weighted by Crippen LogP contribution is 2.24. The molecule has 0 unspecified atom stereocenters. The Balaban J connectivity index is 2.08. The van der Waals surface area contributed by atoms with Gasteiger partial charge in [-0.2, -0.15) is 5.10 Å². The molecule has 3 rings (SSSR count). The summed E-state index contributed by atoms with van der Waals surface area (Å²) in [6.07, 6.45) is 3.60. The van der Waals surface area contributed by atoms with Crippen molar-refractivity contribution in [3.05, 3.63) is 52.3 Å². The molecule has 0 aliphatic rings. The Hall–Kier alpha value is -2.96. The lowest BCUT2D eigenvalue weighted by Crippen LogP contribution is -2.11. The molecule has 0 aliphatic heterocycles. The number of hydrogen-bond donors (Lipinski definition) is 1. The van der Waals surface area contributed by atoms with E-state index >= 15 is 0 Å². The van der Waals surface area contributed by atoms with Gasteiger partial charge < -0.3 is 9.30 Å². The molecule has 3 aromatic rings. The van der Waals surface area contributed by atoms with E-state index in [1.807, 2.05) is 29.8 Å². The number of aromatic nitrogens is 5. The fourth-order valence-corrected chi connectivity index (χ4v) is 2.11. The first-order valence-corrected chi connectivity index (χ1v) is 6.71. The van der Waals surface area contributed by atoms with Gasteiger partial charge in [0.15, 0.2) is 0 Å². The topological polar surface area (TPSA) is 85.7 Å². The van der Waals surface area contributed by atoms with Gasteiger partial charge in [0.2, 0.25) is 5.88 Å². The number of methoxy groups -OCH3 is 1. The maximum absolute atomic E-state index is 11.4. The molecule has 0 atom stereocenters. The Bertz CT molecular complexity index is 882. The maximum Gasteiger partial charge on any atom is 0.267 e. The highest BCUT2D eigenvalue weighted by Gasteiger charge is 2.11. The van der Waals surface area contributed by atoms with Crippen molar-refractivity contribution in [2.75, 3.05) is 7.11 Å². The zero-order valence-electron chi connectivity index (χ0n) is 12.5. The van der Waals surface area contributed by atoms with Gasteiger partial charge in [-0.1, -0.05) is 0 Å². The van der Waals surface area contributed by atoms with Crippen LogP contribution in [0.3, 0.4) is 0 Å². The molecule has 3 heterocycles. The van der Waals surface area contributed by atoms with Gasteiger partial charge in [0.05, 0.1) is 24.8 Å². The minimum Gasteiger partial charge on any atom is -0.479 e. The maximum atomic E-state index is 11.4. The van der Waals surface area contributed by atoms with E-state index in [0.717, 1.165) is 11.4 Å². The standard InChI is InChI=1S/C15H15N5O2/c1-9-6-12(18-19-14(9)21)11-4-5-13(15(17-11)22-3)20-7-10(2)16-8-20/h4-8H,1-3H3,(H,19,21). The van der Waals surface area contributed by atoms with Crippen molar-refractivity contribution in [3.63, 3.8) is 0 Å². The van der Waals surface area contributed by atoms with Gasteiger partial charge in [0.25, 0.3) is 5.56 Å². The SMILES string of the molecule is COc1nc(-c2cc(C)c(=O)[nH]n2)ccc1-n1cnc(C)c1. The highest BCUT2D eigenvalue weighted by molar-refractivity contribution is 5.58. The second-order valence-corrected chi connectivity index (χ2v) is 4.91. The molecule has 7 nitrogen and oxygen atoms in total. The Morgan fingerprint density at radius 3 is 2.68 bits per heavy atom. The number of aromatic amines is 1. The monoisotopic (exact) mass is 297 g/mol. The first-order chi connectivity index (χ1) is 10.6. The Morgan fingerprint density at radius 1 is 1.23 bits per heavy atom. The average molecular weight is 297 g/mol. The number of aryl methyl sites for hydroxylation is 2. The van der Waals surface area contributed by atoms with Gasteiger partial charge in [-0.05, 0) is 32.0 Å². The van der Waals surface area contributed by atoms with E-state index in [1.165, 1.54) is 0 Å². The van der Waals surface area contributed by atoms with Crippen LogP contribution < -0.4 is 10.3 Å². The molecule has 0 saturated carbocycles. The summed E-state index contributed by atoms with van der Waals surface area (Å²) in [7, 11) is 1.56. The number of nitrogens with zero attached hydrogens (tertiary/aromatic N) is 4. The van der Waals surface area contributed by atoms with Crippen LogP contribution in [0, 0.1) is 13.8 Å². The zero-order valence-corrected chi connectivity index (χ0v) is 12.5. The van der Waals surface area contributed by atoms with Gasteiger partial charge in [-0.3, -0.25) is 4.79 Å². The number of hydrogen-bond acceptors (Lipinski definition) is 5. The summed E-state index contributed by atoms with van der Waals surface area (Å²) in [5.74, 6) is 0.459. The predicted octanol–water partition coefficient (Wildman–Crippen LogP) is 1.64. The number of pyridine rings is 1. The molecule has 112 valence electrons. The van der Waals surface area contributed by atoms with Gasteiger partial charge in [-0.15, -0.1) is 0 Å². The van der Waals surface area contributed by atoms with Crippen molar-refractivity contribution in [1.29, 1.82) is 0 Å². The second-order valence-electron chi connectivity index (χ2n) is 4.91. The highest BCUT2D eigenvalue weighted by atomic mass is 16.5. The first kappa shape index (κ1) is 14.0. The van der Waals surface area contributed by atoms with E-state index in [0.29, 0.717) is 22.8 Å². The molecule has 0 spiro atoms. The molecule has 0 fully saturated rings. The molecule has 7 heteroatoms. The fourth-order valence-electron chi connectivity index (χ4n) is 2.11. The molecule has 0 radical (unpaired) electrons. The number of nitrogens with one attached hydrogen (secondary N) is 1. The van der Waals surface area contributed by atoms with Crippen LogP contribution in [0.25, 0.3) is 17.1 Å². The van der Waals surface area contributed by atoms with Crippen molar-refractivity contribution in [2.45, 2.75) is 13.8 Å². The Morgan fingerprint density at radius 2 is 2.05 bits per heavy atom. The molecule has 0 saturated heterocycles. The van der Waals surface area contributed by atoms with E-state index in [1.54, 1.807) is 26.4 Å². The normalized spacial score (nSPS) is 10.7. The summed E-state index contributed by atoms with van der Waals surface area (Å²) in [6.45, 7) is 3.64. The zero-order chi connectivity index (χ0) is 15.7. The molecule has 0 bridgehead atoms. The molecule has 1 N–H and O–H groups in total. The van der Waals surface area contributed by atoms with Crippen LogP contribution in [0.4, 0.5) is 0 Å². The molecule has 0 aliphatic carbocycles. The van der Waals surface area contributed by atoms with Crippen molar-refractivity contribution < 1.29 is 4.74 Å². The molecular weight excluding hydrogens is 282 g/mol. The Labute approximate surface area is 126 Å². The van der Waals surface area contributed by atoms with Crippen molar-refractivity contribution in [2.24, 2.45) is 0 Å². The van der Waals surface area contributed by atoms with Crippen LogP contribution in [-0.4, -0.2) is 31.8 Å². The lowest BCUT2D eigenvalue weighted by Gasteiger charge is -2.09. The minimum atomic E-state index is -0.207. The third kappa shape index (κ3) is 2.48. The number of H-pyrrole nitrogens is 1. The van der Waals surface area contributed by atoms with Gasteiger partial charge in [-0.25, -0.2) is 15.1 Å². The van der Waals surface area contributed by atoms with E-state index in [-0.39, 0.29) is 5.56 Å². The minimum absolute atomic E-state index is 0.207. The third-order valence-corrected chi connectivity index (χ3v) is 3.28. The first-order valence-electron chi connectivity index (χ1n) is 6.71. The second kappa shape index (κ2) is 5.44. The van der Waals surface area contributed by atoms with Gasteiger partial charge in [0, 0.05) is 11.8 Å². The predicted molar refractivity (Wildman–Crippen MR) is 81.2 cm³/mol. The van der Waals surface area contributed by atoms with E-state index in [9.17, 15) is 4.79 Å². The molecule has 0 aromatic carbocycles. The summed E-state index contributed by atoms with van der Waals surface area (Å²) in [4.78, 5) is 20.1. The van der Waals surface area contributed by atoms with E-state index in [2.05, 4.69) is 20.2 Å². The third-order valence-electron chi connectivity index (χ3n) is 3.28. The van der Waals surface area contributed by atoms with Crippen LogP contribution in [0.5, 0.6) is 5.88 Å². The van der Waals surface area contributed by atoms with E-state index in [4.69, 9.17) is 4.74 Å². The summed E-state index contributed by atoms with van der Waals surface area (Å²) in [6, 6.07) is 5.40. The van der Waals surface area contributed by atoms with Crippen LogP contribution in [0.2, 0.25) is 0 Å². The molecule has 22 heavy (non-hydrogen) atoms. The molecular formula is C15H15N5O2. The number of imidazole rings is 1. The number of rotatable bonds is 3. The summed E-state index contributed by atoms with van der Waals surface area (Å²) in [5, 5.41) is 6.47. The lowest BCUT2D eigenvalue weighted by atomic mass is 10.2. The quantitative estimate of drug-likeness (QED) is 0.794. The van der Waals surface area contributed by atoms with Crippen LogP contribution in [0.15, 0.2) is 35.5 Å². The summed E-state index contributed by atoms with van der Waals surface area (Å²) in [5.41, 5.74) is 3.28. The molecule has 3 aromatic heterocycles. The smallest absolute Gasteiger partial charge is 0.267 e. The van der Waals surface area contributed by atoms with Crippen molar-refractivity contribution in [3.8, 4) is 23.0 Å². The summed E-state index contributed by atoms with van der Waals surface area (Å²) >= 11 is 0. The van der Waals surface area contributed by atoms with Crippen LogP contribution in [-0.2, 0) is 0 Å². The Kier molecular flexibility index (Phi) is 3.46.